The summed E-state index contributed by atoms with van der Waals surface area (Å²) in [5.74, 6) is 0. The van der Waals surface area contributed by atoms with Gasteiger partial charge in [0.2, 0.25) is 0 Å². The summed E-state index contributed by atoms with van der Waals surface area (Å²) in [6.45, 7) is 12.7. The smallest absolute Gasteiger partial charge is 0.0541 e. The molecule has 8 rings (SSSR count). The van der Waals surface area contributed by atoms with Gasteiger partial charge in [-0.15, -0.1) is 0 Å². The Kier molecular flexibility index (Phi) is 8.58. The van der Waals surface area contributed by atoms with Crippen LogP contribution >= 0.6 is 0 Å². The van der Waals surface area contributed by atoms with Gasteiger partial charge in [-0.2, -0.15) is 0 Å². The van der Waals surface area contributed by atoms with Crippen LogP contribution in [0.25, 0.3) is 66.1 Å². The molecule has 2 heterocycles. The zero-order chi connectivity index (χ0) is 31.5. The number of rotatable bonds is 3. The average Bonchev–Trinajstić information content (AvgIpc) is 3.60. The second-order valence-electron chi connectivity index (χ2n) is 11.4. The van der Waals surface area contributed by atoms with E-state index in [9.17, 15) is 0 Å². The highest BCUT2D eigenvalue weighted by molar-refractivity contribution is 6.10. The van der Waals surface area contributed by atoms with Crippen molar-refractivity contribution < 1.29 is 0 Å². The number of hydrogen-bond acceptors (Lipinski definition) is 0. The predicted octanol–water partition coefficient (Wildman–Crippen LogP) is 12.6. The number of hydrogen-bond donors (Lipinski definition) is 0. The normalized spacial score (nSPS) is 11.0. The molecule has 2 heteroatoms. The Morgan fingerprint density at radius 2 is 0.667 bits per heavy atom. The molecule has 45 heavy (non-hydrogen) atoms. The maximum Gasteiger partial charge on any atom is 0.0541 e. The zero-order valence-corrected chi connectivity index (χ0v) is 27.3. The van der Waals surface area contributed by atoms with E-state index < -0.39 is 0 Å². The average molecular weight is 587 g/mol. The van der Waals surface area contributed by atoms with Gasteiger partial charge in [-0.05, 0) is 84.6 Å². The number of fused-ring (bicyclic) bond motifs is 6. The van der Waals surface area contributed by atoms with Gasteiger partial charge in [-0.25, -0.2) is 0 Å². The highest BCUT2D eigenvalue weighted by Gasteiger charge is 2.15. The summed E-state index contributed by atoms with van der Waals surface area (Å²) in [5, 5.41) is 5.15. The van der Waals surface area contributed by atoms with Crippen LogP contribution in [0, 0.1) is 13.8 Å². The lowest BCUT2D eigenvalue weighted by molar-refractivity contribution is 1.09. The van der Waals surface area contributed by atoms with Crippen molar-refractivity contribution in [2.24, 2.45) is 0 Å². The van der Waals surface area contributed by atoms with Crippen LogP contribution in [0.2, 0.25) is 0 Å². The van der Waals surface area contributed by atoms with Crippen molar-refractivity contribution in [1.82, 2.24) is 9.13 Å². The van der Waals surface area contributed by atoms with Crippen molar-refractivity contribution in [2.75, 3.05) is 0 Å². The molecule has 0 radical (unpaired) electrons. The van der Waals surface area contributed by atoms with Crippen LogP contribution in [0.4, 0.5) is 0 Å². The van der Waals surface area contributed by atoms with E-state index in [1.165, 1.54) is 83.7 Å². The van der Waals surface area contributed by atoms with E-state index >= 15 is 0 Å². The van der Waals surface area contributed by atoms with Gasteiger partial charge in [-0.1, -0.05) is 119 Å². The summed E-state index contributed by atoms with van der Waals surface area (Å²) in [6, 6.07) is 48.5. The van der Waals surface area contributed by atoms with Crippen LogP contribution in [0.5, 0.6) is 0 Å². The summed E-state index contributed by atoms with van der Waals surface area (Å²) >= 11 is 0. The van der Waals surface area contributed by atoms with Gasteiger partial charge >= 0.3 is 0 Å². The molecule has 0 aliphatic carbocycles. The van der Waals surface area contributed by atoms with E-state index in [2.05, 4.69) is 170 Å². The van der Waals surface area contributed by atoms with Gasteiger partial charge in [0.25, 0.3) is 0 Å². The third kappa shape index (κ3) is 5.21. The van der Waals surface area contributed by atoms with Gasteiger partial charge in [-0.3, -0.25) is 0 Å². The van der Waals surface area contributed by atoms with E-state index in [0.29, 0.717) is 0 Å². The molecule has 0 saturated carbocycles. The van der Waals surface area contributed by atoms with E-state index in [-0.39, 0.29) is 0 Å². The largest absolute Gasteiger partial charge is 0.309 e. The first-order chi connectivity index (χ1) is 22.1. The minimum absolute atomic E-state index is 1.19. The van der Waals surface area contributed by atoms with Crippen molar-refractivity contribution >= 4 is 43.6 Å². The highest BCUT2D eigenvalue weighted by atomic mass is 15.0. The van der Waals surface area contributed by atoms with Crippen molar-refractivity contribution in [2.45, 2.75) is 48.0 Å². The van der Waals surface area contributed by atoms with E-state index in [1.54, 1.807) is 0 Å². The van der Waals surface area contributed by atoms with Crippen LogP contribution in [0.1, 0.15) is 45.2 Å². The summed E-state index contributed by atoms with van der Waals surface area (Å²) in [6.07, 6.45) is 1.25. The number of nitrogens with zero attached hydrogens (tertiary/aromatic N) is 2. The standard InChI is InChI=1S/C38H28N2.C3H8.C2H6/c1-25-23-27(39-35-15-7-3-11-31(35)32-12-4-8-16-36(32)39)19-21-29(25)30-22-20-28(24-26(30)2)40-37-17-9-5-13-33(37)34-14-6-10-18-38(34)40;1-3-2;1-2/h3-24H,1-2H3;3H2,1-2H3;1-2H3. The van der Waals surface area contributed by atoms with Crippen LogP contribution in [0.3, 0.4) is 0 Å². The fourth-order valence-electron chi connectivity index (χ4n) is 6.58. The number of para-hydroxylation sites is 4. The van der Waals surface area contributed by atoms with Gasteiger partial charge in [0.1, 0.15) is 0 Å². The number of aryl methyl sites for hydroxylation is 2. The van der Waals surface area contributed by atoms with Crippen molar-refractivity contribution in [3.63, 3.8) is 0 Å². The lowest BCUT2D eigenvalue weighted by Crippen LogP contribution is -1.98. The SMILES string of the molecule is CC.CCC.Cc1cc(-n2c3ccccc3c3ccccc32)ccc1-c1ccc(-n2c3ccccc3c3ccccc32)cc1C. The predicted molar refractivity (Wildman–Crippen MR) is 197 cm³/mol. The van der Waals surface area contributed by atoms with Crippen molar-refractivity contribution in [3.8, 4) is 22.5 Å². The second kappa shape index (κ2) is 12.9. The molecule has 0 unspecified atom stereocenters. The molecule has 0 aliphatic rings. The first-order valence-electron chi connectivity index (χ1n) is 16.3. The molecular formula is C43H42N2. The molecular weight excluding hydrogens is 544 g/mol. The first kappa shape index (κ1) is 30.0. The second-order valence-corrected chi connectivity index (χ2v) is 11.4. The number of aromatic nitrogens is 2. The molecule has 0 atom stereocenters. The van der Waals surface area contributed by atoms with Gasteiger partial charge < -0.3 is 9.13 Å². The summed E-state index contributed by atoms with van der Waals surface area (Å²) < 4.78 is 4.78. The molecule has 8 aromatic rings. The lowest BCUT2D eigenvalue weighted by Gasteiger charge is -2.15. The first-order valence-corrected chi connectivity index (χ1v) is 16.3. The summed E-state index contributed by atoms with van der Waals surface area (Å²) in [5.41, 5.74) is 12.4. The molecule has 2 nitrogen and oxygen atoms in total. The minimum Gasteiger partial charge on any atom is -0.309 e. The number of benzene rings is 6. The molecule has 0 amide bonds. The molecule has 2 aromatic heterocycles. The van der Waals surface area contributed by atoms with Gasteiger partial charge in [0.15, 0.2) is 0 Å². The Morgan fingerprint density at radius 3 is 0.933 bits per heavy atom. The van der Waals surface area contributed by atoms with E-state index in [0.717, 1.165) is 0 Å². The molecule has 0 fully saturated rings. The monoisotopic (exact) mass is 586 g/mol. The quantitative estimate of drug-likeness (QED) is 0.195. The fourth-order valence-corrected chi connectivity index (χ4v) is 6.58. The van der Waals surface area contributed by atoms with Crippen LogP contribution < -0.4 is 0 Å². The molecule has 0 aliphatic heterocycles. The molecule has 6 aromatic carbocycles. The molecule has 0 saturated heterocycles. The zero-order valence-electron chi connectivity index (χ0n) is 27.3. The minimum atomic E-state index is 1.19. The Bertz CT molecular complexity index is 1990. The van der Waals surface area contributed by atoms with Gasteiger partial charge in [0, 0.05) is 32.9 Å². The molecule has 0 bridgehead atoms. The Labute approximate surface area is 267 Å². The van der Waals surface area contributed by atoms with Crippen LogP contribution in [-0.4, -0.2) is 9.13 Å². The van der Waals surface area contributed by atoms with Crippen molar-refractivity contribution in [3.05, 3.63) is 145 Å². The van der Waals surface area contributed by atoms with Crippen molar-refractivity contribution in [1.29, 1.82) is 0 Å². The van der Waals surface area contributed by atoms with E-state index in [1.807, 2.05) is 13.8 Å². The molecule has 224 valence electrons. The highest BCUT2D eigenvalue weighted by Crippen LogP contribution is 2.36. The summed E-state index contributed by atoms with van der Waals surface area (Å²) in [7, 11) is 0. The fraction of sp³-hybridized carbons (Fsp3) is 0.163. The van der Waals surface area contributed by atoms with Crippen LogP contribution in [-0.2, 0) is 0 Å². The van der Waals surface area contributed by atoms with E-state index in [4.69, 9.17) is 0 Å². The third-order valence-corrected chi connectivity index (χ3v) is 8.39. The lowest BCUT2D eigenvalue weighted by atomic mass is 9.95. The Balaban J connectivity index is 0.000000676. The Morgan fingerprint density at radius 1 is 0.400 bits per heavy atom. The maximum absolute atomic E-state index is 2.39. The summed E-state index contributed by atoms with van der Waals surface area (Å²) in [4.78, 5) is 0. The Hall–Kier alpha value is -5.08. The maximum atomic E-state index is 2.39. The topological polar surface area (TPSA) is 9.86 Å². The third-order valence-electron chi connectivity index (χ3n) is 8.39. The molecule has 0 N–H and O–H groups in total. The van der Waals surface area contributed by atoms with Crippen LogP contribution in [0.15, 0.2) is 133 Å². The van der Waals surface area contributed by atoms with Gasteiger partial charge in [0.05, 0.1) is 22.1 Å². The molecule has 0 spiro atoms.